The Hall–Kier alpha value is -2.52. The van der Waals surface area contributed by atoms with E-state index < -0.39 is 29.9 Å². The van der Waals surface area contributed by atoms with Crippen molar-refractivity contribution in [2.24, 2.45) is 5.73 Å². The Labute approximate surface area is 212 Å². The van der Waals surface area contributed by atoms with Gasteiger partial charge in [0.15, 0.2) is 6.29 Å². The molecule has 36 heavy (non-hydrogen) atoms. The molecule has 0 radical (unpaired) electrons. The Morgan fingerprint density at radius 2 is 1.36 bits per heavy atom. The van der Waals surface area contributed by atoms with E-state index in [2.05, 4.69) is 5.32 Å². The van der Waals surface area contributed by atoms with E-state index in [1.807, 2.05) is 0 Å². The first-order valence-electron chi connectivity index (χ1n) is 11.5. The Balaban J connectivity index is 0. The van der Waals surface area contributed by atoms with Crippen LogP contribution in [-0.4, -0.2) is 117 Å². The van der Waals surface area contributed by atoms with Gasteiger partial charge in [0.1, 0.15) is 12.1 Å². The van der Waals surface area contributed by atoms with Crippen molar-refractivity contribution in [3.8, 4) is 0 Å². The number of nitrogens with one attached hydrogen (secondary N) is 1. The smallest absolute Gasteiger partial charge is 0.410 e. The van der Waals surface area contributed by atoms with Crippen LogP contribution in [0.5, 0.6) is 0 Å². The first kappa shape index (κ1) is 35.6. The molecular weight excluding hydrogens is 482 g/mol. The van der Waals surface area contributed by atoms with Crippen molar-refractivity contribution < 1.29 is 53.1 Å². The van der Waals surface area contributed by atoms with Crippen molar-refractivity contribution in [2.75, 3.05) is 66.3 Å². The van der Waals surface area contributed by atoms with Crippen molar-refractivity contribution in [1.82, 2.24) is 10.2 Å². The summed E-state index contributed by atoms with van der Waals surface area (Å²) in [6.45, 7) is 9.31. The zero-order valence-corrected chi connectivity index (χ0v) is 21.9. The number of ether oxygens (including phenoxy) is 5. The highest BCUT2D eigenvalue weighted by Gasteiger charge is 2.20. The van der Waals surface area contributed by atoms with Crippen LogP contribution in [0.2, 0.25) is 0 Å². The molecule has 5 N–H and O–H groups in total. The third-order valence-electron chi connectivity index (χ3n) is 3.63. The number of nitrogens with zero attached hydrogens (tertiary/aromatic N) is 1. The molecule has 0 spiro atoms. The van der Waals surface area contributed by atoms with Gasteiger partial charge >= 0.3 is 18.0 Å². The van der Waals surface area contributed by atoms with E-state index in [4.69, 9.17) is 39.6 Å². The molecule has 0 aliphatic carbocycles. The van der Waals surface area contributed by atoms with Gasteiger partial charge in [0, 0.05) is 20.1 Å². The summed E-state index contributed by atoms with van der Waals surface area (Å²) in [7, 11) is 1.51. The fourth-order valence-corrected chi connectivity index (χ4v) is 2.00. The predicted octanol–water partition coefficient (Wildman–Crippen LogP) is 0.276. The van der Waals surface area contributed by atoms with E-state index in [9.17, 15) is 19.2 Å². The molecule has 0 aromatic carbocycles. The third-order valence-corrected chi connectivity index (χ3v) is 3.63. The quantitative estimate of drug-likeness (QED) is 0.141. The Morgan fingerprint density at radius 3 is 1.75 bits per heavy atom. The Morgan fingerprint density at radius 1 is 0.889 bits per heavy atom. The number of amides is 2. The summed E-state index contributed by atoms with van der Waals surface area (Å²) in [5, 5.41) is 19.3. The van der Waals surface area contributed by atoms with Gasteiger partial charge < -0.3 is 49.8 Å². The maximum absolute atomic E-state index is 11.5. The highest BCUT2D eigenvalue weighted by atomic mass is 16.7. The number of nitrogens with two attached hydrogens (primary N) is 1. The molecule has 0 heterocycles. The Kier molecular flexibility index (Phi) is 21.5. The number of aliphatic carboxylic acids is 2. The van der Waals surface area contributed by atoms with E-state index in [-0.39, 0.29) is 38.5 Å². The summed E-state index contributed by atoms with van der Waals surface area (Å²) in [6.07, 6.45) is -1.00. The minimum Gasteiger partial charge on any atom is -0.481 e. The molecule has 0 aromatic heterocycles. The van der Waals surface area contributed by atoms with Crippen LogP contribution in [0.15, 0.2) is 0 Å². The van der Waals surface area contributed by atoms with E-state index in [1.54, 1.807) is 27.7 Å². The molecule has 0 atom stereocenters. The zero-order valence-electron chi connectivity index (χ0n) is 21.9. The Bertz CT molecular complexity index is 601. The molecule has 0 rings (SSSR count). The molecule has 2 amide bonds. The average Bonchev–Trinajstić information content (AvgIpc) is 2.75. The zero-order chi connectivity index (χ0) is 28.0. The highest BCUT2D eigenvalue weighted by molar-refractivity contribution is 5.82. The van der Waals surface area contributed by atoms with Crippen molar-refractivity contribution in [3.05, 3.63) is 0 Å². The van der Waals surface area contributed by atoms with Gasteiger partial charge in [-0.15, -0.1) is 0 Å². The maximum Gasteiger partial charge on any atom is 0.410 e. The number of carboxylic acids is 2. The van der Waals surface area contributed by atoms with Gasteiger partial charge in [-0.05, 0) is 27.7 Å². The average molecular weight is 526 g/mol. The summed E-state index contributed by atoms with van der Waals surface area (Å²) in [5.74, 6) is -2.05. The van der Waals surface area contributed by atoms with Crippen molar-refractivity contribution in [3.63, 3.8) is 0 Å². The SMILES string of the molecule is CC(OCCOCCC(=O)O)OCCOCCC(=O)O.CN(CC(=O)NCCN)C(=O)OC(C)(C)C. The van der Waals surface area contributed by atoms with Crippen LogP contribution < -0.4 is 11.1 Å². The van der Waals surface area contributed by atoms with Crippen LogP contribution in [-0.2, 0) is 38.1 Å². The second kappa shape index (κ2) is 21.7. The normalized spacial score (nSPS) is 10.9. The summed E-state index contributed by atoms with van der Waals surface area (Å²) < 4.78 is 25.7. The molecule has 0 bridgehead atoms. The largest absolute Gasteiger partial charge is 0.481 e. The molecule has 0 unspecified atom stereocenters. The molecule has 0 saturated carbocycles. The lowest BCUT2D eigenvalue weighted by atomic mass is 10.2. The lowest BCUT2D eigenvalue weighted by Crippen LogP contribution is -2.42. The van der Waals surface area contributed by atoms with Gasteiger partial charge in [0.05, 0.1) is 52.5 Å². The van der Waals surface area contributed by atoms with Gasteiger partial charge in [-0.2, -0.15) is 0 Å². The molecule has 212 valence electrons. The van der Waals surface area contributed by atoms with Crippen LogP contribution >= 0.6 is 0 Å². The lowest BCUT2D eigenvalue weighted by molar-refractivity contribution is -0.150. The molecule has 14 heteroatoms. The summed E-state index contributed by atoms with van der Waals surface area (Å²) in [5.41, 5.74) is 4.67. The molecule has 0 saturated heterocycles. The standard InChI is InChI=1S/C12H22O8.C10H21N3O3/c1-10(19-8-6-17-4-2-11(13)14)20-9-7-18-5-3-12(15)16;1-10(2,3)16-9(15)13(4)7-8(14)12-6-5-11/h10H,2-9H2,1H3,(H,13,14)(H,15,16);5-7,11H2,1-4H3,(H,12,14). The van der Waals surface area contributed by atoms with Gasteiger partial charge in [-0.3, -0.25) is 14.4 Å². The molecule has 0 aliphatic heterocycles. The van der Waals surface area contributed by atoms with E-state index >= 15 is 0 Å². The van der Waals surface area contributed by atoms with Gasteiger partial charge in [0.25, 0.3) is 0 Å². The highest BCUT2D eigenvalue weighted by Crippen LogP contribution is 2.08. The van der Waals surface area contributed by atoms with Gasteiger partial charge in [-0.1, -0.05) is 0 Å². The fraction of sp³-hybridized carbons (Fsp3) is 0.818. The van der Waals surface area contributed by atoms with Crippen LogP contribution in [0.25, 0.3) is 0 Å². The molecule has 0 fully saturated rings. The maximum atomic E-state index is 11.5. The number of likely N-dealkylation sites (N-methyl/N-ethyl adjacent to an activating group) is 1. The van der Waals surface area contributed by atoms with Crippen molar-refractivity contribution in [1.29, 1.82) is 0 Å². The number of hydrogen-bond donors (Lipinski definition) is 4. The second-order valence-electron chi connectivity index (χ2n) is 8.30. The predicted molar refractivity (Wildman–Crippen MR) is 128 cm³/mol. The van der Waals surface area contributed by atoms with E-state index in [1.165, 1.54) is 11.9 Å². The van der Waals surface area contributed by atoms with Crippen LogP contribution in [0.3, 0.4) is 0 Å². The van der Waals surface area contributed by atoms with E-state index in [0.717, 1.165) is 0 Å². The fourth-order valence-electron chi connectivity index (χ4n) is 2.00. The third kappa shape index (κ3) is 27.7. The number of hydrogen-bond acceptors (Lipinski definition) is 10. The van der Waals surface area contributed by atoms with Crippen molar-refractivity contribution >= 4 is 23.9 Å². The van der Waals surface area contributed by atoms with Crippen LogP contribution in [0.1, 0.15) is 40.5 Å². The number of carbonyl (C=O) groups is 4. The molecule has 0 aromatic rings. The minimum absolute atomic E-state index is 0.0280. The van der Waals surface area contributed by atoms with Crippen LogP contribution in [0, 0.1) is 0 Å². The monoisotopic (exact) mass is 525 g/mol. The summed E-state index contributed by atoms with van der Waals surface area (Å²) >= 11 is 0. The van der Waals surface area contributed by atoms with Crippen molar-refractivity contribution in [2.45, 2.75) is 52.4 Å². The van der Waals surface area contributed by atoms with Gasteiger partial charge in [0.2, 0.25) is 5.91 Å². The molecule has 0 aliphatic rings. The topological polar surface area (TPSA) is 196 Å². The first-order chi connectivity index (χ1) is 16.8. The first-order valence-corrected chi connectivity index (χ1v) is 11.5. The number of carboxylic acid groups (broad SMARTS) is 2. The van der Waals surface area contributed by atoms with Gasteiger partial charge in [-0.25, -0.2) is 4.79 Å². The molecular formula is C22H43N3O11. The number of carbonyl (C=O) groups excluding carboxylic acids is 2. The number of rotatable bonds is 18. The minimum atomic E-state index is -0.898. The lowest BCUT2D eigenvalue weighted by Gasteiger charge is -2.24. The summed E-state index contributed by atoms with van der Waals surface area (Å²) in [6, 6.07) is 0. The second-order valence-corrected chi connectivity index (χ2v) is 8.30. The van der Waals surface area contributed by atoms with E-state index in [0.29, 0.717) is 39.5 Å². The summed E-state index contributed by atoms with van der Waals surface area (Å²) in [4.78, 5) is 44.3. The van der Waals surface area contributed by atoms with Crippen LogP contribution in [0.4, 0.5) is 4.79 Å². The molecule has 14 nitrogen and oxygen atoms in total.